The summed E-state index contributed by atoms with van der Waals surface area (Å²) in [6, 6.07) is 4.63. The molecule has 1 heterocycles. The standard InChI is InChI=1S/C10H10FN3/c1-14-6-7(5-13-14)9-3-2-8(12)4-10(9)11/h2-6H,12H2,1H3. The molecule has 1 aromatic carbocycles. The predicted molar refractivity (Wildman–Crippen MR) is 53.0 cm³/mol. The molecule has 4 heteroatoms. The third-order valence-electron chi connectivity index (χ3n) is 2.01. The van der Waals surface area contributed by atoms with Gasteiger partial charge < -0.3 is 5.73 Å². The van der Waals surface area contributed by atoms with Gasteiger partial charge in [-0.05, 0) is 18.2 Å². The first-order valence-electron chi connectivity index (χ1n) is 4.21. The van der Waals surface area contributed by atoms with Crippen molar-refractivity contribution in [2.24, 2.45) is 7.05 Å². The van der Waals surface area contributed by atoms with E-state index in [1.807, 2.05) is 0 Å². The highest BCUT2D eigenvalue weighted by molar-refractivity contribution is 5.64. The molecule has 0 fully saturated rings. The monoisotopic (exact) mass is 191 g/mol. The van der Waals surface area contributed by atoms with E-state index < -0.39 is 0 Å². The van der Waals surface area contributed by atoms with Gasteiger partial charge in [0, 0.05) is 30.1 Å². The van der Waals surface area contributed by atoms with Crippen molar-refractivity contribution in [3.8, 4) is 11.1 Å². The van der Waals surface area contributed by atoms with Crippen LogP contribution in [0.1, 0.15) is 0 Å². The van der Waals surface area contributed by atoms with Crippen LogP contribution in [0.4, 0.5) is 10.1 Å². The number of aromatic nitrogens is 2. The zero-order valence-electron chi connectivity index (χ0n) is 7.74. The lowest BCUT2D eigenvalue weighted by Gasteiger charge is -2.00. The minimum absolute atomic E-state index is 0.321. The third-order valence-corrected chi connectivity index (χ3v) is 2.01. The number of nitrogens with zero attached hydrogens (tertiary/aromatic N) is 2. The fraction of sp³-hybridized carbons (Fsp3) is 0.100. The molecule has 0 radical (unpaired) electrons. The van der Waals surface area contributed by atoms with Crippen molar-refractivity contribution in [2.75, 3.05) is 5.73 Å². The summed E-state index contributed by atoms with van der Waals surface area (Å²) in [6.07, 6.45) is 3.38. The average Bonchev–Trinajstić information content (AvgIpc) is 2.51. The molecule has 0 aliphatic heterocycles. The molecule has 0 amide bonds. The Morgan fingerprint density at radius 1 is 1.43 bits per heavy atom. The molecule has 0 aliphatic rings. The smallest absolute Gasteiger partial charge is 0.133 e. The van der Waals surface area contributed by atoms with E-state index >= 15 is 0 Å². The number of rotatable bonds is 1. The largest absolute Gasteiger partial charge is 0.399 e. The molecule has 14 heavy (non-hydrogen) atoms. The number of nitrogens with two attached hydrogens (primary N) is 1. The Labute approximate surface area is 81.0 Å². The van der Waals surface area contributed by atoms with Crippen LogP contribution in [0.15, 0.2) is 30.6 Å². The molecule has 0 saturated carbocycles. The summed E-state index contributed by atoms with van der Waals surface area (Å²) in [6.45, 7) is 0. The lowest BCUT2D eigenvalue weighted by atomic mass is 10.1. The van der Waals surface area contributed by atoms with Crippen molar-refractivity contribution in [3.63, 3.8) is 0 Å². The SMILES string of the molecule is Cn1cc(-c2ccc(N)cc2F)cn1. The van der Waals surface area contributed by atoms with Crippen molar-refractivity contribution in [1.29, 1.82) is 0 Å². The van der Waals surface area contributed by atoms with Gasteiger partial charge in [0.2, 0.25) is 0 Å². The number of hydrogen-bond acceptors (Lipinski definition) is 2. The first-order chi connectivity index (χ1) is 6.66. The molecular weight excluding hydrogens is 181 g/mol. The molecule has 1 aromatic heterocycles. The molecular formula is C10H10FN3. The van der Waals surface area contributed by atoms with Crippen LogP contribution < -0.4 is 5.73 Å². The minimum Gasteiger partial charge on any atom is -0.399 e. The van der Waals surface area contributed by atoms with Crippen LogP contribution in [0.25, 0.3) is 11.1 Å². The van der Waals surface area contributed by atoms with Gasteiger partial charge >= 0.3 is 0 Å². The van der Waals surface area contributed by atoms with E-state index in [-0.39, 0.29) is 5.82 Å². The van der Waals surface area contributed by atoms with E-state index in [0.29, 0.717) is 11.3 Å². The molecule has 0 unspecified atom stereocenters. The maximum absolute atomic E-state index is 13.4. The van der Waals surface area contributed by atoms with Crippen molar-refractivity contribution in [3.05, 3.63) is 36.4 Å². The van der Waals surface area contributed by atoms with Crippen LogP contribution >= 0.6 is 0 Å². The van der Waals surface area contributed by atoms with Crippen LogP contribution in [0, 0.1) is 5.82 Å². The molecule has 2 rings (SSSR count). The molecule has 0 saturated heterocycles. The van der Waals surface area contributed by atoms with E-state index in [2.05, 4.69) is 5.10 Å². The predicted octanol–water partition coefficient (Wildman–Crippen LogP) is 1.81. The lowest BCUT2D eigenvalue weighted by Crippen LogP contribution is -1.88. The number of halogens is 1. The van der Waals surface area contributed by atoms with Gasteiger partial charge in [-0.1, -0.05) is 0 Å². The third kappa shape index (κ3) is 1.46. The average molecular weight is 191 g/mol. The topological polar surface area (TPSA) is 43.8 Å². The highest BCUT2D eigenvalue weighted by atomic mass is 19.1. The molecule has 0 spiro atoms. The number of nitrogen functional groups attached to an aromatic ring is 1. The number of anilines is 1. The van der Waals surface area contributed by atoms with E-state index in [9.17, 15) is 4.39 Å². The maximum Gasteiger partial charge on any atom is 0.133 e. The second-order valence-corrected chi connectivity index (χ2v) is 3.14. The van der Waals surface area contributed by atoms with Gasteiger partial charge in [0.25, 0.3) is 0 Å². The summed E-state index contributed by atoms with van der Waals surface area (Å²) in [7, 11) is 1.79. The van der Waals surface area contributed by atoms with Crippen molar-refractivity contribution >= 4 is 5.69 Å². The highest BCUT2D eigenvalue weighted by Crippen LogP contribution is 2.23. The fourth-order valence-corrected chi connectivity index (χ4v) is 1.33. The van der Waals surface area contributed by atoms with E-state index in [1.165, 1.54) is 6.07 Å². The molecule has 72 valence electrons. The Morgan fingerprint density at radius 2 is 2.21 bits per heavy atom. The second-order valence-electron chi connectivity index (χ2n) is 3.14. The Bertz CT molecular complexity index is 462. The molecule has 0 bridgehead atoms. The number of aryl methyl sites for hydroxylation is 1. The molecule has 0 atom stereocenters. The van der Waals surface area contributed by atoms with Crippen molar-refractivity contribution < 1.29 is 4.39 Å². The van der Waals surface area contributed by atoms with Gasteiger partial charge in [-0.25, -0.2) is 4.39 Å². The van der Waals surface area contributed by atoms with E-state index in [0.717, 1.165) is 5.56 Å². The number of benzene rings is 1. The first kappa shape index (κ1) is 8.74. The zero-order chi connectivity index (χ0) is 10.1. The minimum atomic E-state index is -0.321. The Hall–Kier alpha value is -1.84. The maximum atomic E-state index is 13.4. The normalized spacial score (nSPS) is 10.4. The summed E-state index contributed by atoms with van der Waals surface area (Å²) in [4.78, 5) is 0. The summed E-state index contributed by atoms with van der Waals surface area (Å²) in [5.41, 5.74) is 7.15. The first-order valence-corrected chi connectivity index (χ1v) is 4.21. The Balaban J connectivity index is 2.52. The molecule has 0 aliphatic carbocycles. The van der Waals surface area contributed by atoms with Crippen LogP contribution in [0.5, 0.6) is 0 Å². The summed E-state index contributed by atoms with van der Waals surface area (Å²) in [5.74, 6) is -0.321. The van der Waals surface area contributed by atoms with Gasteiger partial charge in [-0.2, -0.15) is 5.10 Å². The highest BCUT2D eigenvalue weighted by Gasteiger charge is 2.06. The van der Waals surface area contributed by atoms with Crippen molar-refractivity contribution in [2.45, 2.75) is 0 Å². The van der Waals surface area contributed by atoms with Gasteiger partial charge in [0.15, 0.2) is 0 Å². The molecule has 2 aromatic rings. The van der Waals surface area contributed by atoms with Gasteiger partial charge in [-0.3, -0.25) is 4.68 Å². The van der Waals surface area contributed by atoms with Gasteiger partial charge in [-0.15, -0.1) is 0 Å². The molecule has 2 N–H and O–H groups in total. The Kier molecular flexibility index (Phi) is 1.96. The van der Waals surface area contributed by atoms with Crippen LogP contribution in [0.3, 0.4) is 0 Å². The van der Waals surface area contributed by atoms with E-state index in [1.54, 1.807) is 36.3 Å². The van der Waals surface area contributed by atoms with Gasteiger partial charge in [0.05, 0.1) is 6.20 Å². The van der Waals surface area contributed by atoms with Crippen molar-refractivity contribution in [1.82, 2.24) is 9.78 Å². The summed E-state index contributed by atoms with van der Waals surface area (Å²) in [5, 5.41) is 3.98. The molecule has 3 nitrogen and oxygen atoms in total. The quantitative estimate of drug-likeness (QED) is 0.698. The zero-order valence-corrected chi connectivity index (χ0v) is 7.74. The van der Waals surface area contributed by atoms with Gasteiger partial charge in [0.1, 0.15) is 5.82 Å². The summed E-state index contributed by atoms with van der Waals surface area (Å²) >= 11 is 0. The van der Waals surface area contributed by atoms with Crippen LogP contribution in [-0.2, 0) is 7.05 Å². The number of hydrogen-bond donors (Lipinski definition) is 1. The summed E-state index contributed by atoms with van der Waals surface area (Å²) < 4.78 is 15.1. The second kappa shape index (κ2) is 3.14. The van der Waals surface area contributed by atoms with Crippen LogP contribution in [-0.4, -0.2) is 9.78 Å². The fourth-order valence-electron chi connectivity index (χ4n) is 1.33. The Morgan fingerprint density at radius 3 is 2.79 bits per heavy atom. The lowest BCUT2D eigenvalue weighted by molar-refractivity contribution is 0.632. The van der Waals surface area contributed by atoms with E-state index in [4.69, 9.17) is 5.73 Å². The van der Waals surface area contributed by atoms with Crippen LogP contribution in [0.2, 0.25) is 0 Å².